The molecule has 3 nitrogen and oxygen atoms in total. The van der Waals surface area contributed by atoms with Crippen LogP contribution in [0.5, 0.6) is 0 Å². The number of hydrogen-bond acceptors (Lipinski definition) is 3. The van der Waals surface area contributed by atoms with E-state index in [0.29, 0.717) is 5.56 Å². The van der Waals surface area contributed by atoms with Crippen LogP contribution < -0.4 is 4.72 Å². The molecule has 0 amide bonds. The second-order valence-electron chi connectivity index (χ2n) is 4.00. The minimum atomic E-state index is -4.31. The molecule has 0 aliphatic heterocycles. The van der Waals surface area contributed by atoms with Crippen LogP contribution in [0.1, 0.15) is 12.0 Å². The van der Waals surface area contributed by atoms with Crippen LogP contribution in [0.25, 0.3) is 0 Å². The molecule has 0 bridgehead atoms. The van der Waals surface area contributed by atoms with E-state index in [1.54, 1.807) is 16.8 Å². The van der Waals surface area contributed by atoms with Crippen LogP contribution in [0.4, 0.5) is 13.2 Å². The number of thiophene rings is 1. The van der Waals surface area contributed by atoms with Crippen molar-refractivity contribution in [3.05, 3.63) is 22.4 Å². The molecule has 1 aromatic heterocycles. The number of halogens is 3. The standard InChI is InChI=1S/C9H10F3NO2S2/c10-9(11,12)7-3-8(7)13-17(14,15)5-6-1-2-16-4-6/h1-2,4,7-8,13H,3,5H2/t7-,8+/m1/s1. The van der Waals surface area contributed by atoms with Crippen molar-refractivity contribution in [1.29, 1.82) is 0 Å². The Hall–Kier alpha value is -0.600. The Balaban J connectivity index is 1.92. The van der Waals surface area contributed by atoms with Gasteiger partial charge in [-0.05, 0) is 28.8 Å². The Labute approximate surface area is 101 Å². The maximum atomic E-state index is 12.2. The number of rotatable bonds is 4. The van der Waals surface area contributed by atoms with Gasteiger partial charge in [-0.25, -0.2) is 13.1 Å². The second kappa shape index (κ2) is 4.25. The third-order valence-corrected chi connectivity index (χ3v) is 4.59. The van der Waals surface area contributed by atoms with Crippen molar-refractivity contribution in [2.24, 2.45) is 5.92 Å². The molecule has 0 aromatic carbocycles. The molecule has 8 heteroatoms. The van der Waals surface area contributed by atoms with Crippen molar-refractivity contribution in [2.75, 3.05) is 0 Å². The van der Waals surface area contributed by atoms with E-state index in [4.69, 9.17) is 0 Å². The number of nitrogens with one attached hydrogen (secondary N) is 1. The van der Waals surface area contributed by atoms with E-state index in [-0.39, 0.29) is 12.2 Å². The summed E-state index contributed by atoms with van der Waals surface area (Å²) >= 11 is 1.35. The first-order valence-corrected chi connectivity index (χ1v) is 7.45. The van der Waals surface area contributed by atoms with E-state index < -0.39 is 28.2 Å². The fourth-order valence-electron chi connectivity index (χ4n) is 1.55. The summed E-state index contributed by atoms with van der Waals surface area (Å²) in [4.78, 5) is 0. The smallest absolute Gasteiger partial charge is 0.212 e. The predicted octanol–water partition coefficient (Wildman–Crippen LogP) is 2.12. The van der Waals surface area contributed by atoms with Crippen LogP contribution in [-0.2, 0) is 15.8 Å². The third-order valence-electron chi connectivity index (χ3n) is 2.48. The van der Waals surface area contributed by atoms with Crippen LogP contribution in [-0.4, -0.2) is 20.6 Å². The van der Waals surface area contributed by atoms with Gasteiger partial charge in [0.25, 0.3) is 0 Å². The van der Waals surface area contributed by atoms with E-state index in [2.05, 4.69) is 4.72 Å². The Bertz CT molecular complexity index is 481. The van der Waals surface area contributed by atoms with Crippen LogP contribution in [0, 0.1) is 5.92 Å². The normalized spacial score (nSPS) is 24.9. The number of sulfonamides is 1. The molecule has 1 fully saturated rings. The Kier molecular flexibility index (Phi) is 3.21. The molecule has 0 radical (unpaired) electrons. The van der Waals surface area contributed by atoms with Gasteiger partial charge in [-0.15, -0.1) is 0 Å². The molecule has 1 heterocycles. The first kappa shape index (κ1) is 12.8. The minimum absolute atomic E-state index is 0.160. The molecule has 1 aliphatic rings. The molecule has 1 saturated carbocycles. The fourth-order valence-corrected chi connectivity index (χ4v) is 3.75. The van der Waals surface area contributed by atoms with Crippen molar-refractivity contribution in [2.45, 2.75) is 24.4 Å². The zero-order chi connectivity index (χ0) is 12.7. The summed E-state index contributed by atoms with van der Waals surface area (Å²) in [5.74, 6) is -1.79. The van der Waals surface area contributed by atoms with Crippen molar-refractivity contribution >= 4 is 21.4 Å². The van der Waals surface area contributed by atoms with Gasteiger partial charge in [0, 0.05) is 6.04 Å². The Morgan fingerprint density at radius 3 is 2.65 bits per heavy atom. The second-order valence-corrected chi connectivity index (χ2v) is 6.53. The van der Waals surface area contributed by atoms with Crippen LogP contribution >= 0.6 is 11.3 Å². The first-order chi connectivity index (χ1) is 7.78. The summed E-state index contributed by atoms with van der Waals surface area (Å²) in [6, 6.07) is 0.650. The van der Waals surface area contributed by atoms with Crippen LogP contribution in [0.3, 0.4) is 0 Å². The maximum absolute atomic E-state index is 12.2. The van der Waals surface area contributed by atoms with Crippen LogP contribution in [0.15, 0.2) is 16.8 Å². The molecule has 96 valence electrons. The number of hydrogen-bond donors (Lipinski definition) is 1. The summed E-state index contributed by atoms with van der Waals surface area (Å²) in [5.41, 5.74) is 0.590. The lowest BCUT2D eigenvalue weighted by molar-refractivity contribution is -0.148. The van der Waals surface area contributed by atoms with Gasteiger partial charge in [0.2, 0.25) is 10.0 Å². The molecule has 17 heavy (non-hydrogen) atoms. The Morgan fingerprint density at radius 1 is 1.47 bits per heavy atom. The highest BCUT2D eigenvalue weighted by Crippen LogP contribution is 2.44. The van der Waals surface area contributed by atoms with Gasteiger partial charge in [-0.1, -0.05) is 0 Å². The fraction of sp³-hybridized carbons (Fsp3) is 0.556. The van der Waals surface area contributed by atoms with Gasteiger partial charge in [0.1, 0.15) is 0 Å². The third kappa shape index (κ3) is 3.43. The summed E-state index contributed by atoms with van der Waals surface area (Å²) in [7, 11) is -3.68. The van der Waals surface area contributed by atoms with Crippen molar-refractivity contribution in [1.82, 2.24) is 4.72 Å². The van der Waals surface area contributed by atoms with Gasteiger partial charge >= 0.3 is 6.18 Å². The molecule has 2 atom stereocenters. The quantitative estimate of drug-likeness (QED) is 0.921. The van der Waals surface area contributed by atoms with E-state index in [1.165, 1.54) is 11.3 Å². The van der Waals surface area contributed by atoms with E-state index in [0.717, 1.165) is 0 Å². The van der Waals surface area contributed by atoms with Crippen LogP contribution in [0.2, 0.25) is 0 Å². The zero-order valence-corrected chi connectivity index (χ0v) is 10.2. The van der Waals surface area contributed by atoms with E-state index >= 15 is 0 Å². The molecular formula is C9H10F3NO2S2. The van der Waals surface area contributed by atoms with Crippen molar-refractivity contribution in [3.8, 4) is 0 Å². The summed E-state index contributed by atoms with van der Waals surface area (Å²) in [6.45, 7) is 0. The molecule has 1 aliphatic carbocycles. The lowest BCUT2D eigenvalue weighted by Crippen LogP contribution is -2.30. The van der Waals surface area contributed by atoms with Crippen molar-refractivity contribution in [3.63, 3.8) is 0 Å². The highest BCUT2D eigenvalue weighted by molar-refractivity contribution is 7.88. The minimum Gasteiger partial charge on any atom is -0.212 e. The van der Waals surface area contributed by atoms with Gasteiger partial charge in [-0.2, -0.15) is 24.5 Å². The summed E-state index contributed by atoms with van der Waals surface area (Å²) in [5, 5.41) is 3.38. The monoisotopic (exact) mass is 285 g/mol. The zero-order valence-electron chi connectivity index (χ0n) is 8.57. The lowest BCUT2D eigenvalue weighted by atomic mass is 10.4. The van der Waals surface area contributed by atoms with Gasteiger partial charge < -0.3 is 0 Å². The molecule has 1 N–H and O–H groups in total. The summed E-state index contributed by atoms with van der Waals surface area (Å²) < 4.78 is 61.8. The largest absolute Gasteiger partial charge is 0.393 e. The Morgan fingerprint density at radius 2 is 2.18 bits per heavy atom. The average Bonchev–Trinajstić information content (AvgIpc) is 2.71. The van der Waals surface area contributed by atoms with Crippen molar-refractivity contribution < 1.29 is 21.6 Å². The topological polar surface area (TPSA) is 46.2 Å². The van der Waals surface area contributed by atoms with E-state index in [9.17, 15) is 21.6 Å². The SMILES string of the molecule is O=S(=O)(Cc1ccsc1)N[C@H]1C[C@H]1C(F)(F)F. The predicted molar refractivity (Wildman–Crippen MR) is 58.0 cm³/mol. The molecular weight excluding hydrogens is 275 g/mol. The number of alkyl halides is 3. The first-order valence-electron chi connectivity index (χ1n) is 4.86. The van der Waals surface area contributed by atoms with Gasteiger partial charge in [-0.3, -0.25) is 0 Å². The highest BCUT2D eigenvalue weighted by Gasteiger charge is 2.56. The summed E-state index contributed by atoms with van der Waals surface area (Å²) in [6.07, 6.45) is -4.47. The molecule has 1 aromatic rings. The molecule has 0 spiro atoms. The van der Waals surface area contributed by atoms with E-state index in [1.807, 2.05) is 0 Å². The molecule has 2 rings (SSSR count). The highest BCUT2D eigenvalue weighted by atomic mass is 32.2. The lowest BCUT2D eigenvalue weighted by Gasteiger charge is -2.07. The molecule has 0 unspecified atom stereocenters. The molecule has 0 saturated heterocycles. The maximum Gasteiger partial charge on any atom is 0.393 e. The average molecular weight is 285 g/mol. The van der Waals surface area contributed by atoms with Gasteiger partial charge in [0.05, 0.1) is 11.7 Å². The van der Waals surface area contributed by atoms with Gasteiger partial charge in [0.15, 0.2) is 0 Å².